The molecule has 0 spiro atoms. The lowest BCUT2D eigenvalue weighted by atomic mass is 9.97. The lowest BCUT2D eigenvalue weighted by Gasteiger charge is -2.29. The van der Waals surface area contributed by atoms with Crippen molar-refractivity contribution in [2.45, 2.75) is 19.8 Å². The normalized spacial score (nSPS) is 18.4. The van der Waals surface area contributed by atoms with Gasteiger partial charge in [-0.1, -0.05) is 18.2 Å². The fourth-order valence-corrected chi connectivity index (χ4v) is 1.70. The highest BCUT2D eigenvalue weighted by Gasteiger charge is 2.25. The third-order valence-electron chi connectivity index (χ3n) is 2.70. The van der Waals surface area contributed by atoms with Gasteiger partial charge in [0.25, 0.3) is 0 Å². The van der Waals surface area contributed by atoms with Crippen molar-refractivity contribution in [2.75, 3.05) is 13.1 Å². The molecule has 0 atom stereocenters. The minimum Gasteiger partial charge on any atom is -0.481 e. The van der Waals surface area contributed by atoms with Gasteiger partial charge in [-0.3, -0.25) is 9.59 Å². The molecule has 0 aromatic heterocycles. The Labute approximate surface area is 95.2 Å². The summed E-state index contributed by atoms with van der Waals surface area (Å²) in [6.45, 7) is 2.96. The van der Waals surface area contributed by atoms with Gasteiger partial charge in [-0.05, 0) is 19.8 Å². The standard InChI is InChI=1S/C12H17NO3/c1-2-3-4-5-11(14)13-8-6-10(7-9-13)12(15)16/h2-5,10H,6-9H2,1H3,(H,15,16)/b3-2+,5-4+. The van der Waals surface area contributed by atoms with E-state index in [0.717, 1.165) is 0 Å². The average Bonchev–Trinajstić information content (AvgIpc) is 2.29. The maximum Gasteiger partial charge on any atom is 0.306 e. The van der Waals surface area contributed by atoms with Crippen molar-refractivity contribution >= 4 is 11.9 Å². The second kappa shape index (κ2) is 6.10. The molecular weight excluding hydrogens is 206 g/mol. The van der Waals surface area contributed by atoms with Crippen molar-refractivity contribution in [3.63, 3.8) is 0 Å². The van der Waals surface area contributed by atoms with Gasteiger partial charge in [0.15, 0.2) is 0 Å². The van der Waals surface area contributed by atoms with E-state index < -0.39 is 5.97 Å². The van der Waals surface area contributed by atoms with Gasteiger partial charge in [-0.15, -0.1) is 0 Å². The molecule has 0 bridgehead atoms. The minimum atomic E-state index is -0.753. The van der Waals surface area contributed by atoms with Crippen molar-refractivity contribution < 1.29 is 14.7 Å². The molecule has 1 saturated heterocycles. The van der Waals surface area contributed by atoms with Crippen LogP contribution in [0, 0.1) is 5.92 Å². The van der Waals surface area contributed by atoms with Crippen LogP contribution >= 0.6 is 0 Å². The smallest absolute Gasteiger partial charge is 0.306 e. The number of hydrogen-bond acceptors (Lipinski definition) is 2. The van der Waals surface area contributed by atoms with Crippen LogP contribution in [0.25, 0.3) is 0 Å². The third-order valence-corrected chi connectivity index (χ3v) is 2.70. The van der Waals surface area contributed by atoms with Crippen LogP contribution in [0.2, 0.25) is 0 Å². The monoisotopic (exact) mass is 223 g/mol. The first-order chi connectivity index (χ1) is 7.65. The molecule has 1 heterocycles. The van der Waals surface area contributed by atoms with E-state index in [9.17, 15) is 9.59 Å². The van der Waals surface area contributed by atoms with E-state index in [2.05, 4.69) is 0 Å². The number of allylic oxidation sites excluding steroid dienone is 3. The second-order valence-corrected chi connectivity index (χ2v) is 3.82. The van der Waals surface area contributed by atoms with E-state index in [1.54, 1.807) is 17.1 Å². The molecule has 1 aliphatic heterocycles. The van der Waals surface area contributed by atoms with Crippen LogP contribution in [0.3, 0.4) is 0 Å². The molecule has 0 unspecified atom stereocenters. The van der Waals surface area contributed by atoms with Crippen molar-refractivity contribution in [1.29, 1.82) is 0 Å². The number of carbonyl (C=O) groups is 2. The molecule has 1 amide bonds. The third kappa shape index (κ3) is 3.53. The van der Waals surface area contributed by atoms with E-state index in [1.807, 2.05) is 13.0 Å². The molecule has 1 fully saturated rings. The van der Waals surface area contributed by atoms with E-state index in [4.69, 9.17) is 5.11 Å². The van der Waals surface area contributed by atoms with Crippen LogP contribution in [0.15, 0.2) is 24.3 Å². The Hall–Kier alpha value is -1.58. The van der Waals surface area contributed by atoms with Gasteiger partial charge in [-0.25, -0.2) is 0 Å². The Bertz CT molecular complexity index is 312. The molecule has 1 N–H and O–H groups in total. The molecule has 0 aromatic rings. The van der Waals surface area contributed by atoms with E-state index in [1.165, 1.54) is 6.08 Å². The lowest BCUT2D eigenvalue weighted by molar-refractivity contribution is -0.144. The number of amides is 1. The predicted octanol–water partition coefficient (Wildman–Crippen LogP) is 1.44. The summed E-state index contributed by atoms with van der Waals surface area (Å²) in [6, 6.07) is 0. The highest BCUT2D eigenvalue weighted by Crippen LogP contribution is 2.17. The van der Waals surface area contributed by atoms with Gasteiger partial charge in [0.2, 0.25) is 5.91 Å². The number of carbonyl (C=O) groups excluding carboxylic acids is 1. The summed E-state index contributed by atoms with van der Waals surface area (Å²) in [5.41, 5.74) is 0. The number of carboxylic acids is 1. The largest absolute Gasteiger partial charge is 0.481 e. The zero-order chi connectivity index (χ0) is 12.0. The molecule has 4 nitrogen and oxygen atoms in total. The first kappa shape index (κ1) is 12.5. The number of carboxylic acid groups (broad SMARTS) is 1. The first-order valence-electron chi connectivity index (χ1n) is 5.46. The van der Waals surface area contributed by atoms with E-state index in [-0.39, 0.29) is 11.8 Å². The first-order valence-corrected chi connectivity index (χ1v) is 5.46. The number of aliphatic carboxylic acids is 1. The van der Waals surface area contributed by atoms with Crippen molar-refractivity contribution in [1.82, 2.24) is 4.90 Å². The zero-order valence-corrected chi connectivity index (χ0v) is 9.43. The summed E-state index contributed by atoms with van der Waals surface area (Å²) in [4.78, 5) is 24.0. The SMILES string of the molecule is C/C=C/C=C/C(=O)N1CCC(C(=O)O)CC1. The van der Waals surface area contributed by atoms with Crippen LogP contribution in [0.4, 0.5) is 0 Å². The zero-order valence-electron chi connectivity index (χ0n) is 9.43. The Balaban J connectivity index is 2.41. The molecular formula is C12H17NO3. The van der Waals surface area contributed by atoms with Crippen LogP contribution in [-0.2, 0) is 9.59 Å². The number of nitrogens with zero attached hydrogens (tertiary/aromatic N) is 1. The van der Waals surface area contributed by atoms with Gasteiger partial charge in [0.1, 0.15) is 0 Å². The molecule has 88 valence electrons. The number of likely N-dealkylation sites (tertiary alicyclic amines) is 1. The van der Waals surface area contributed by atoms with E-state index in [0.29, 0.717) is 25.9 Å². The van der Waals surface area contributed by atoms with Gasteiger partial charge in [0, 0.05) is 19.2 Å². The van der Waals surface area contributed by atoms with Crippen LogP contribution in [0.5, 0.6) is 0 Å². The summed E-state index contributed by atoms with van der Waals surface area (Å²) in [5.74, 6) is -1.08. The van der Waals surface area contributed by atoms with Crippen molar-refractivity contribution in [2.24, 2.45) is 5.92 Å². The highest BCUT2D eigenvalue weighted by atomic mass is 16.4. The van der Waals surface area contributed by atoms with Gasteiger partial charge in [-0.2, -0.15) is 0 Å². The number of hydrogen-bond donors (Lipinski definition) is 1. The van der Waals surface area contributed by atoms with Gasteiger partial charge in [0.05, 0.1) is 5.92 Å². The topological polar surface area (TPSA) is 57.6 Å². The Morgan fingerprint density at radius 3 is 2.38 bits per heavy atom. The summed E-state index contributed by atoms with van der Waals surface area (Å²) < 4.78 is 0. The van der Waals surface area contributed by atoms with Crippen molar-refractivity contribution in [3.05, 3.63) is 24.3 Å². The quantitative estimate of drug-likeness (QED) is 0.582. The van der Waals surface area contributed by atoms with E-state index >= 15 is 0 Å². The van der Waals surface area contributed by atoms with Gasteiger partial charge >= 0.3 is 5.97 Å². The van der Waals surface area contributed by atoms with Crippen LogP contribution < -0.4 is 0 Å². The summed E-state index contributed by atoms with van der Waals surface area (Å²) in [5, 5.41) is 8.81. The maximum atomic E-state index is 11.6. The molecule has 0 saturated carbocycles. The minimum absolute atomic E-state index is 0.0399. The predicted molar refractivity (Wildman–Crippen MR) is 60.9 cm³/mol. The van der Waals surface area contributed by atoms with Crippen LogP contribution in [0.1, 0.15) is 19.8 Å². The highest BCUT2D eigenvalue weighted by molar-refractivity contribution is 5.88. The summed E-state index contributed by atoms with van der Waals surface area (Å²) in [7, 11) is 0. The summed E-state index contributed by atoms with van der Waals surface area (Å²) in [6.07, 6.45) is 7.96. The molecule has 0 aromatic carbocycles. The fraction of sp³-hybridized carbons (Fsp3) is 0.500. The maximum absolute atomic E-state index is 11.6. The number of rotatable bonds is 3. The number of piperidine rings is 1. The van der Waals surface area contributed by atoms with Crippen LogP contribution in [-0.4, -0.2) is 35.0 Å². The molecule has 4 heteroatoms. The Morgan fingerprint density at radius 1 is 1.25 bits per heavy atom. The van der Waals surface area contributed by atoms with Gasteiger partial charge < -0.3 is 10.0 Å². The molecule has 1 rings (SSSR count). The Kier molecular flexibility index (Phi) is 4.76. The average molecular weight is 223 g/mol. The molecule has 16 heavy (non-hydrogen) atoms. The second-order valence-electron chi connectivity index (χ2n) is 3.82. The molecule has 0 aliphatic carbocycles. The molecule has 1 aliphatic rings. The lowest BCUT2D eigenvalue weighted by Crippen LogP contribution is -2.39. The Morgan fingerprint density at radius 2 is 1.88 bits per heavy atom. The molecule has 0 radical (unpaired) electrons. The van der Waals surface area contributed by atoms with Crippen molar-refractivity contribution in [3.8, 4) is 0 Å². The fourth-order valence-electron chi connectivity index (χ4n) is 1.70. The summed E-state index contributed by atoms with van der Waals surface area (Å²) >= 11 is 0.